The van der Waals surface area contributed by atoms with Gasteiger partial charge in [0.25, 0.3) is 0 Å². The number of halogens is 2. The molecule has 2 aromatic carbocycles. The minimum atomic E-state index is -0.375. The van der Waals surface area contributed by atoms with Gasteiger partial charge in [0.2, 0.25) is 0 Å². The van der Waals surface area contributed by atoms with Crippen molar-refractivity contribution in [2.45, 2.75) is 6.04 Å². The van der Waals surface area contributed by atoms with Crippen molar-refractivity contribution in [2.24, 2.45) is 4.99 Å². The van der Waals surface area contributed by atoms with E-state index in [1.165, 1.54) is 0 Å². The summed E-state index contributed by atoms with van der Waals surface area (Å²) in [6.45, 7) is 0. The van der Waals surface area contributed by atoms with Crippen molar-refractivity contribution in [3.8, 4) is 0 Å². The van der Waals surface area contributed by atoms with Gasteiger partial charge in [-0.25, -0.2) is 4.99 Å². The largest absolute Gasteiger partial charge is 0.345 e. The predicted molar refractivity (Wildman–Crippen MR) is 85.7 cm³/mol. The number of aldehydes is 1. The second-order valence-electron chi connectivity index (χ2n) is 4.84. The highest BCUT2D eigenvalue weighted by atomic mass is 35.5. The number of fused-ring (bicyclic) bond motifs is 1. The highest BCUT2D eigenvalue weighted by molar-refractivity contribution is 6.31. The summed E-state index contributed by atoms with van der Waals surface area (Å²) in [5.41, 5.74) is 2.48. The van der Waals surface area contributed by atoms with Crippen LogP contribution < -0.4 is 0 Å². The number of rotatable bonds is 2. The molecular formula is C16H12Cl2N2O. The zero-order valence-electron chi connectivity index (χ0n) is 11.3. The molecule has 1 unspecified atom stereocenters. The molecule has 0 amide bonds. The lowest BCUT2D eigenvalue weighted by Crippen LogP contribution is -2.35. The van der Waals surface area contributed by atoms with Gasteiger partial charge in [-0.05, 0) is 36.4 Å². The van der Waals surface area contributed by atoms with E-state index in [2.05, 4.69) is 4.99 Å². The van der Waals surface area contributed by atoms with Crippen LogP contribution in [-0.4, -0.2) is 24.1 Å². The van der Waals surface area contributed by atoms with Crippen LogP contribution in [0.2, 0.25) is 10.0 Å². The fourth-order valence-electron chi connectivity index (χ4n) is 2.43. The summed E-state index contributed by atoms with van der Waals surface area (Å²) >= 11 is 11.9. The molecule has 1 heterocycles. The molecule has 0 aromatic heterocycles. The number of aliphatic imine (C=N–C) groups is 1. The Morgan fingerprint density at radius 1 is 1.10 bits per heavy atom. The third-order valence-corrected chi connectivity index (χ3v) is 4.01. The predicted octanol–water partition coefficient (Wildman–Crippen LogP) is 4.26. The molecule has 3 nitrogen and oxygen atoms in total. The van der Waals surface area contributed by atoms with E-state index >= 15 is 0 Å². The van der Waals surface area contributed by atoms with Gasteiger partial charge >= 0.3 is 0 Å². The smallest absolute Gasteiger partial charge is 0.147 e. The third-order valence-electron chi connectivity index (χ3n) is 3.52. The molecule has 1 aliphatic heterocycles. The van der Waals surface area contributed by atoms with Gasteiger partial charge < -0.3 is 9.69 Å². The van der Waals surface area contributed by atoms with Crippen molar-refractivity contribution in [1.82, 2.24) is 4.90 Å². The monoisotopic (exact) mass is 318 g/mol. The number of hydrogen-bond donors (Lipinski definition) is 0. The molecule has 0 saturated carbocycles. The van der Waals surface area contributed by atoms with E-state index in [1.54, 1.807) is 24.3 Å². The Morgan fingerprint density at radius 3 is 2.43 bits per heavy atom. The van der Waals surface area contributed by atoms with Gasteiger partial charge in [-0.1, -0.05) is 29.3 Å². The molecular weight excluding hydrogens is 307 g/mol. The second kappa shape index (κ2) is 5.51. The first-order valence-electron chi connectivity index (χ1n) is 6.42. The third kappa shape index (κ3) is 2.55. The number of hydrogen-bond acceptors (Lipinski definition) is 3. The highest BCUT2D eigenvalue weighted by Gasteiger charge is 2.27. The van der Waals surface area contributed by atoms with E-state index in [4.69, 9.17) is 23.2 Å². The van der Waals surface area contributed by atoms with Crippen molar-refractivity contribution in [2.75, 3.05) is 7.05 Å². The van der Waals surface area contributed by atoms with E-state index in [0.29, 0.717) is 10.0 Å². The van der Waals surface area contributed by atoms with Crippen molar-refractivity contribution in [3.05, 3.63) is 63.6 Å². The van der Waals surface area contributed by atoms with Crippen LogP contribution in [0.25, 0.3) is 0 Å². The molecule has 0 bridgehead atoms. The molecule has 0 saturated heterocycles. The van der Waals surface area contributed by atoms with Gasteiger partial charge in [0.1, 0.15) is 18.2 Å². The second-order valence-corrected chi connectivity index (χ2v) is 5.71. The van der Waals surface area contributed by atoms with Gasteiger partial charge in [-0.3, -0.25) is 0 Å². The minimum absolute atomic E-state index is 0.375. The lowest BCUT2D eigenvalue weighted by atomic mass is 10.0. The maximum absolute atomic E-state index is 11.5. The standard InChI is InChI=1S/C16H12Cl2N2O/c1-20-15(9-21)13-7-6-12(18)8-14(13)19-16(20)10-2-4-11(17)5-3-10/h2-9,15H,1H3. The van der Waals surface area contributed by atoms with Crippen LogP contribution in [0.1, 0.15) is 17.2 Å². The molecule has 0 aliphatic carbocycles. The van der Waals surface area contributed by atoms with E-state index in [9.17, 15) is 4.79 Å². The fourth-order valence-corrected chi connectivity index (χ4v) is 2.72. The van der Waals surface area contributed by atoms with Crippen molar-refractivity contribution >= 4 is 41.0 Å². The summed E-state index contributed by atoms with van der Waals surface area (Å²) in [7, 11) is 1.85. The lowest BCUT2D eigenvalue weighted by Gasteiger charge is -2.32. The number of likely N-dealkylation sites (N-methyl/N-ethyl adjacent to an activating group) is 1. The quantitative estimate of drug-likeness (QED) is 0.775. The van der Waals surface area contributed by atoms with Crippen LogP contribution in [0, 0.1) is 0 Å². The van der Waals surface area contributed by atoms with Crippen LogP contribution in [0.15, 0.2) is 47.5 Å². The molecule has 0 N–H and O–H groups in total. The zero-order valence-corrected chi connectivity index (χ0v) is 12.8. The van der Waals surface area contributed by atoms with Crippen molar-refractivity contribution in [1.29, 1.82) is 0 Å². The topological polar surface area (TPSA) is 32.7 Å². The van der Waals surface area contributed by atoms with E-state index in [0.717, 1.165) is 28.9 Å². The zero-order chi connectivity index (χ0) is 15.0. The molecule has 3 rings (SSSR count). The molecule has 1 aliphatic rings. The number of benzene rings is 2. The summed E-state index contributed by atoms with van der Waals surface area (Å²) < 4.78 is 0. The van der Waals surface area contributed by atoms with Gasteiger partial charge in [-0.2, -0.15) is 0 Å². The number of carbonyl (C=O) groups excluding carboxylic acids is 1. The van der Waals surface area contributed by atoms with Crippen LogP contribution in [0.5, 0.6) is 0 Å². The van der Waals surface area contributed by atoms with E-state index in [-0.39, 0.29) is 6.04 Å². The Morgan fingerprint density at radius 2 is 1.76 bits per heavy atom. The van der Waals surface area contributed by atoms with E-state index in [1.807, 2.05) is 30.1 Å². The summed E-state index contributed by atoms with van der Waals surface area (Å²) in [5, 5.41) is 1.26. The van der Waals surface area contributed by atoms with Crippen molar-refractivity contribution < 1.29 is 4.79 Å². The maximum atomic E-state index is 11.5. The summed E-state index contributed by atoms with van der Waals surface area (Å²) in [5.74, 6) is 0.721. The molecule has 21 heavy (non-hydrogen) atoms. The van der Waals surface area contributed by atoms with Gasteiger partial charge in [-0.15, -0.1) is 0 Å². The van der Waals surface area contributed by atoms with Crippen LogP contribution in [0.4, 0.5) is 5.69 Å². The molecule has 0 radical (unpaired) electrons. The van der Waals surface area contributed by atoms with Gasteiger partial charge in [0.05, 0.1) is 5.69 Å². The normalized spacial score (nSPS) is 17.2. The Bertz CT molecular complexity index is 726. The Balaban J connectivity index is 2.16. The van der Waals surface area contributed by atoms with Crippen LogP contribution >= 0.6 is 23.2 Å². The number of nitrogens with zero attached hydrogens (tertiary/aromatic N) is 2. The first kappa shape index (κ1) is 14.1. The lowest BCUT2D eigenvalue weighted by molar-refractivity contribution is -0.111. The molecule has 5 heteroatoms. The summed E-state index contributed by atoms with van der Waals surface area (Å²) in [6.07, 6.45) is 0.914. The van der Waals surface area contributed by atoms with Gasteiger partial charge in [0.15, 0.2) is 0 Å². The first-order valence-corrected chi connectivity index (χ1v) is 7.18. The minimum Gasteiger partial charge on any atom is -0.345 e. The number of carbonyl (C=O) groups is 1. The van der Waals surface area contributed by atoms with Crippen LogP contribution in [0.3, 0.4) is 0 Å². The molecule has 2 aromatic rings. The Labute approximate surface area is 132 Å². The van der Waals surface area contributed by atoms with Crippen molar-refractivity contribution in [3.63, 3.8) is 0 Å². The fraction of sp³-hybridized carbons (Fsp3) is 0.125. The summed E-state index contributed by atoms with van der Waals surface area (Å²) in [4.78, 5) is 18.0. The maximum Gasteiger partial charge on any atom is 0.147 e. The molecule has 1 atom stereocenters. The Kier molecular flexibility index (Phi) is 3.70. The average Bonchev–Trinajstić information content (AvgIpc) is 2.48. The van der Waals surface area contributed by atoms with E-state index < -0.39 is 0 Å². The first-order chi connectivity index (χ1) is 10.1. The highest BCUT2D eigenvalue weighted by Crippen LogP contribution is 2.36. The van der Waals surface area contributed by atoms with Crippen LogP contribution in [-0.2, 0) is 4.79 Å². The Hall–Kier alpha value is -1.84. The van der Waals surface area contributed by atoms with Gasteiger partial charge in [0, 0.05) is 28.2 Å². The average molecular weight is 319 g/mol. The molecule has 0 fully saturated rings. The molecule has 106 valence electrons. The number of amidine groups is 1. The summed E-state index contributed by atoms with van der Waals surface area (Å²) in [6, 6.07) is 12.4. The molecule has 0 spiro atoms. The SMILES string of the molecule is CN1C(c2ccc(Cl)cc2)=Nc2cc(Cl)ccc2C1C=O.